The monoisotopic (exact) mass is 561 g/mol. The number of guanidine groups is 1. The molecule has 32 heavy (non-hydrogen) atoms. The van der Waals surface area contributed by atoms with Crippen LogP contribution in [-0.4, -0.2) is 69.5 Å². The lowest BCUT2D eigenvalue weighted by molar-refractivity contribution is 0.0341. The summed E-state index contributed by atoms with van der Waals surface area (Å²) in [5.74, 6) is 1.16. The van der Waals surface area contributed by atoms with Crippen molar-refractivity contribution in [1.29, 1.82) is 0 Å². The number of benzene rings is 1. The molecule has 2 rings (SSSR count). The van der Waals surface area contributed by atoms with E-state index in [1.807, 2.05) is 0 Å². The van der Waals surface area contributed by atoms with Gasteiger partial charge < -0.3 is 25.4 Å². The van der Waals surface area contributed by atoms with Crippen molar-refractivity contribution in [3.63, 3.8) is 0 Å². The quantitative estimate of drug-likeness (QED) is 0.232. The summed E-state index contributed by atoms with van der Waals surface area (Å²) in [6.45, 7) is 12.2. The van der Waals surface area contributed by atoms with Crippen molar-refractivity contribution in [2.24, 2.45) is 10.9 Å². The van der Waals surface area contributed by atoms with Gasteiger partial charge in [-0.2, -0.15) is 0 Å². The van der Waals surface area contributed by atoms with Crippen LogP contribution in [0, 0.1) is 5.92 Å². The number of amides is 1. The van der Waals surface area contributed by atoms with E-state index in [9.17, 15) is 4.79 Å². The molecule has 0 bridgehead atoms. The average Bonchev–Trinajstić information content (AvgIpc) is 2.75. The first-order valence-corrected chi connectivity index (χ1v) is 11.3. The first-order chi connectivity index (χ1) is 15.0. The fourth-order valence-corrected chi connectivity index (χ4v) is 3.61. The van der Waals surface area contributed by atoms with Gasteiger partial charge in [0.1, 0.15) is 0 Å². The van der Waals surface area contributed by atoms with Crippen LogP contribution in [0.1, 0.15) is 38.3 Å². The molecule has 8 nitrogen and oxygen atoms in total. The second kappa shape index (κ2) is 16.1. The summed E-state index contributed by atoms with van der Waals surface area (Å²) in [5.41, 5.74) is 2.56. The van der Waals surface area contributed by atoms with Crippen molar-refractivity contribution in [2.75, 3.05) is 46.5 Å². The van der Waals surface area contributed by atoms with Gasteiger partial charge in [0.15, 0.2) is 5.96 Å². The van der Waals surface area contributed by atoms with Gasteiger partial charge >= 0.3 is 6.09 Å². The maximum atomic E-state index is 11.8. The van der Waals surface area contributed by atoms with E-state index in [1.54, 1.807) is 14.0 Å². The molecule has 0 radical (unpaired) electrons. The van der Waals surface area contributed by atoms with Crippen LogP contribution in [-0.2, 0) is 22.6 Å². The Morgan fingerprint density at radius 3 is 2.50 bits per heavy atom. The topological polar surface area (TPSA) is 87.2 Å². The van der Waals surface area contributed by atoms with Crippen LogP contribution < -0.4 is 16.0 Å². The normalized spacial score (nSPS) is 15.6. The zero-order chi connectivity index (χ0) is 22.5. The summed E-state index contributed by atoms with van der Waals surface area (Å²) in [7, 11) is 1.76. The van der Waals surface area contributed by atoms with Crippen molar-refractivity contribution in [3.8, 4) is 0 Å². The smallest absolute Gasteiger partial charge is 0.407 e. The Bertz CT molecular complexity index is 696. The predicted octanol–water partition coefficient (Wildman–Crippen LogP) is 2.96. The van der Waals surface area contributed by atoms with Crippen LogP contribution >= 0.6 is 24.0 Å². The van der Waals surface area contributed by atoms with Gasteiger partial charge in [-0.25, -0.2) is 4.79 Å². The third-order valence-corrected chi connectivity index (χ3v) is 5.16. The summed E-state index contributed by atoms with van der Waals surface area (Å²) >= 11 is 0. The van der Waals surface area contributed by atoms with Gasteiger partial charge in [0.05, 0.1) is 19.8 Å². The third-order valence-electron chi connectivity index (χ3n) is 5.16. The zero-order valence-electron chi connectivity index (χ0n) is 19.9. The molecule has 182 valence electrons. The first kappa shape index (κ1) is 28.4. The molecule has 1 unspecified atom stereocenters. The van der Waals surface area contributed by atoms with E-state index >= 15 is 0 Å². The third kappa shape index (κ3) is 10.8. The molecule has 1 fully saturated rings. The Labute approximate surface area is 209 Å². The molecular formula is C23H40IN5O3. The van der Waals surface area contributed by atoms with Crippen LogP contribution in [0.5, 0.6) is 0 Å². The van der Waals surface area contributed by atoms with E-state index in [2.05, 4.69) is 64.0 Å². The zero-order valence-corrected chi connectivity index (χ0v) is 22.2. The highest BCUT2D eigenvalue weighted by Crippen LogP contribution is 2.13. The average molecular weight is 562 g/mol. The Morgan fingerprint density at radius 1 is 1.19 bits per heavy atom. The molecule has 1 amide bonds. The van der Waals surface area contributed by atoms with E-state index in [0.29, 0.717) is 31.6 Å². The molecule has 9 heteroatoms. The highest BCUT2D eigenvalue weighted by Gasteiger charge is 2.16. The van der Waals surface area contributed by atoms with Gasteiger partial charge in [0, 0.05) is 45.8 Å². The fourth-order valence-electron chi connectivity index (χ4n) is 3.61. The lowest BCUT2D eigenvalue weighted by Gasteiger charge is -2.27. The van der Waals surface area contributed by atoms with Crippen molar-refractivity contribution in [3.05, 3.63) is 35.4 Å². The van der Waals surface area contributed by atoms with Gasteiger partial charge in [-0.1, -0.05) is 38.1 Å². The Balaban J connectivity index is 0.00000512. The van der Waals surface area contributed by atoms with Crippen LogP contribution in [0.2, 0.25) is 0 Å². The number of nitrogens with zero attached hydrogens (tertiary/aromatic N) is 2. The number of morpholine rings is 1. The maximum absolute atomic E-state index is 11.8. The number of ether oxygens (including phenoxy) is 2. The highest BCUT2D eigenvalue weighted by molar-refractivity contribution is 14.0. The predicted molar refractivity (Wildman–Crippen MR) is 140 cm³/mol. The summed E-state index contributed by atoms with van der Waals surface area (Å²) in [6.07, 6.45) is 0.473. The fraction of sp³-hybridized carbons (Fsp3) is 0.652. The second-order valence-corrected chi connectivity index (χ2v) is 8.16. The Kier molecular flexibility index (Phi) is 14.3. The van der Waals surface area contributed by atoms with Crippen molar-refractivity contribution < 1.29 is 14.3 Å². The number of hydrogen-bond acceptors (Lipinski definition) is 5. The van der Waals surface area contributed by atoms with Gasteiger partial charge in [0.2, 0.25) is 0 Å². The first-order valence-electron chi connectivity index (χ1n) is 11.3. The van der Waals surface area contributed by atoms with Crippen molar-refractivity contribution >= 4 is 36.0 Å². The molecule has 1 aliphatic heterocycles. The van der Waals surface area contributed by atoms with E-state index in [4.69, 9.17) is 9.47 Å². The highest BCUT2D eigenvalue weighted by atomic mass is 127. The van der Waals surface area contributed by atoms with Crippen molar-refractivity contribution in [2.45, 2.75) is 46.3 Å². The summed E-state index contributed by atoms with van der Waals surface area (Å²) in [4.78, 5) is 18.6. The molecule has 0 aliphatic carbocycles. The molecule has 0 spiro atoms. The SMILES string of the molecule is CCOC(=O)NC(CNC(=NC)NCc1ccccc1CN1CCOCC1)CC(C)C.I. The largest absolute Gasteiger partial charge is 0.450 e. The maximum Gasteiger partial charge on any atom is 0.407 e. The van der Waals surface area contributed by atoms with Crippen LogP contribution in [0.3, 0.4) is 0 Å². The number of alkyl carbamates (subject to hydrolysis) is 1. The molecule has 1 aliphatic rings. The standard InChI is InChI=1S/C23H39N5O3.HI/c1-5-31-23(29)27-21(14-18(2)3)16-26-22(24-4)25-15-19-8-6-7-9-20(19)17-28-10-12-30-13-11-28;/h6-9,18,21H,5,10-17H2,1-4H3,(H,27,29)(H2,24,25,26);1H. The summed E-state index contributed by atoms with van der Waals surface area (Å²) in [5, 5.41) is 9.67. The van der Waals surface area contributed by atoms with E-state index in [1.165, 1.54) is 11.1 Å². The lowest BCUT2D eigenvalue weighted by atomic mass is 10.0. The number of nitrogens with one attached hydrogen (secondary N) is 3. The number of carbonyl (C=O) groups is 1. The lowest BCUT2D eigenvalue weighted by Crippen LogP contribution is -2.47. The Hall–Kier alpha value is -1.59. The van der Waals surface area contributed by atoms with Crippen LogP contribution in [0.25, 0.3) is 0 Å². The number of carbonyl (C=O) groups excluding carboxylic acids is 1. The molecular weight excluding hydrogens is 521 g/mol. The minimum absolute atomic E-state index is 0. The molecule has 1 saturated heterocycles. The molecule has 3 N–H and O–H groups in total. The van der Waals surface area contributed by atoms with Gasteiger partial charge in [0.25, 0.3) is 0 Å². The minimum Gasteiger partial charge on any atom is -0.450 e. The molecule has 1 atom stereocenters. The second-order valence-electron chi connectivity index (χ2n) is 8.16. The van der Waals surface area contributed by atoms with Gasteiger partial charge in [-0.3, -0.25) is 9.89 Å². The molecule has 1 heterocycles. The summed E-state index contributed by atoms with van der Waals surface area (Å²) < 4.78 is 10.5. The van der Waals surface area contributed by atoms with Crippen LogP contribution in [0.15, 0.2) is 29.3 Å². The number of hydrogen-bond donors (Lipinski definition) is 3. The number of aliphatic imine (C=N–C) groups is 1. The molecule has 0 saturated carbocycles. The van der Waals surface area contributed by atoms with Crippen molar-refractivity contribution in [1.82, 2.24) is 20.9 Å². The van der Waals surface area contributed by atoms with Crippen LogP contribution in [0.4, 0.5) is 4.79 Å². The molecule has 0 aromatic heterocycles. The minimum atomic E-state index is -0.380. The van der Waals surface area contributed by atoms with Gasteiger partial charge in [-0.05, 0) is 30.4 Å². The Morgan fingerprint density at radius 2 is 1.88 bits per heavy atom. The number of rotatable bonds is 10. The molecule has 1 aromatic rings. The molecule has 1 aromatic carbocycles. The number of halogens is 1. The summed E-state index contributed by atoms with van der Waals surface area (Å²) in [6, 6.07) is 8.46. The van der Waals surface area contributed by atoms with E-state index < -0.39 is 0 Å². The van der Waals surface area contributed by atoms with Gasteiger partial charge in [-0.15, -0.1) is 24.0 Å². The van der Waals surface area contributed by atoms with E-state index in [-0.39, 0.29) is 36.1 Å². The van der Waals surface area contributed by atoms with E-state index in [0.717, 1.165) is 39.3 Å².